The van der Waals surface area contributed by atoms with Gasteiger partial charge in [-0.25, -0.2) is 0 Å². The summed E-state index contributed by atoms with van der Waals surface area (Å²) in [5.41, 5.74) is 4.69. The van der Waals surface area contributed by atoms with Gasteiger partial charge >= 0.3 is 0 Å². The average Bonchev–Trinajstić information content (AvgIpc) is 3.33. The molecule has 0 amide bonds. The number of fused-ring (bicyclic) bond motifs is 2. The SMILES string of the molecule is CC(Oc1ccc2[nH]nc(-c3cnn(C)c3)c2c1)c1cccc2ncc(Cl)cc12. The number of pyridine rings is 1. The number of benzene rings is 2. The molecule has 5 aromatic rings. The molecule has 0 radical (unpaired) electrons. The van der Waals surface area contributed by atoms with Crippen LogP contribution in [0.25, 0.3) is 33.1 Å². The van der Waals surface area contributed by atoms with Gasteiger partial charge in [-0.15, -0.1) is 0 Å². The molecule has 3 heterocycles. The summed E-state index contributed by atoms with van der Waals surface area (Å²) in [5, 5.41) is 14.4. The highest BCUT2D eigenvalue weighted by Crippen LogP contribution is 2.32. The summed E-state index contributed by atoms with van der Waals surface area (Å²) in [6.07, 6.45) is 5.23. The number of aryl methyl sites for hydroxylation is 1. The molecule has 0 aliphatic heterocycles. The van der Waals surface area contributed by atoms with Gasteiger partial charge in [-0.2, -0.15) is 10.2 Å². The summed E-state index contributed by atoms with van der Waals surface area (Å²) < 4.78 is 8.05. The summed E-state index contributed by atoms with van der Waals surface area (Å²) >= 11 is 6.17. The third-order valence-electron chi connectivity index (χ3n) is 4.99. The Morgan fingerprint density at radius 1 is 1.10 bits per heavy atom. The number of aromatic amines is 1. The van der Waals surface area contributed by atoms with Crippen LogP contribution in [-0.4, -0.2) is 25.0 Å². The van der Waals surface area contributed by atoms with Gasteiger partial charge < -0.3 is 4.74 Å². The number of nitrogens with one attached hydrogen (secondary N) is 1. The third-order valence-corrected chi connectivity index (χ3v) is 5.20. The Bertz CT molecular complexity index is 1340. The fraction of sp³-hybridized carbons (Fsp3) is 0.136. The first-order chi connectivity index (χ1) is 14.1. The molecule has 29 heavy (non-hydrogen) atoms. The monoisotopic (exact) mass is 403 g/mol. The molecule has 0 spiro atoms. The number of hydrogen-bond acceptors (Lipinski definition) is 4. The van der Waals surface area contributed by atoms with E-state index in [2.05, 4.69) is 20.3 Å². The van der Waals surface area contributed by atoms with Gasteiger partial charge in [-0.1, -0.05) is 23.7 Å². The number of hydrogen-bond donors (Lipinski definition) is 1. The van der Waals surface area contributed by atoms with Gasteiger partial charge in [0, 0.05) is 41.3 Å². The van der Waals surface area contributed by atoms with Crippen LogP contribution in [0.3, 0.4) is 0 Å². The molecule has 6 nitrogen and oxygen atoms in total. The van der Waals surface area contributed by atoms with Gasteiger partial charge in [0.05, 0.1) is 22.3 Å². The van der Waals surface area contributed by atoms with Crippen molar-refractivity contribution in [3.05, 3.63) is 71.6 Å². The van der Waals surface area contributed by atoms with E-state index >= 15 is 0 Å². The van der Waals surface area contributed by atoms with Gasteiger partial charge in [0.15, 0.2) is 0 Å². The molecule has 3 aromatic heterocycles. The van der Waals surface area contributed by atoms with Crippen LogP contribution in [0.4, 0.5) is 0 Å². The van der Waals surface area contributed by atoms with E-state index in [0.717, 1.165) is 44.4 Å². The van der Waals surface area contributed by atoms with Crippen molar-refractivity contribution in [1.29, 1.82) is 0 Å². The standard InChI is InChI=1S/C22H18ClN5O/c1-13(17-4-3-5-20-18(17)8-15(23)11-24-20)29-16-6-7-21-19(9-16)22(27-26-21)14-10-25-28(2)12-14/h3-13H,1-2H3,(H,26,27). The summed E-state index contributed by atoms with van der Waals surface area (Å²) in [6, 6.07) is 13.9. The molecule has 1 N–H and O–H groups in total. The van der Waals surface area contributed by atoms with Gasteiger partial charge in [0.25, 0.3) is 0 Å². The van der Waals surface area contributed by atoms with Crippen molar-refractivity contribution in [3.63, 3.8) is 0 Å². The Morgan fingerprint density at radius 3 is 2.83 bits per heavy atom. The van der Waals surface area contributed by atoms with E-state index in [4.69, 9.17) is 16.3 Å². The summed E-state index contributed by atoms with van der Waals surface area (Å²) in [5.74, 6) is 0.767. The lowest BCUT2D eigenvalue weighted by atomic mass is 10.0. The molecule has 1 atom stereocenters. The van der Waals surface area contributed by atoms with Gasteiger partial charge in [-0.05, 0) is 37.3 Å². The Morgan fingerprint density at radius 2 is 2.00 bits per heavy atom. The highest BCUT2D eigenvalue weighted by atomic mass is 35.5. The zero-order valence-electron chi connectivity index (χ0n) is 15.9. The van der Waals surface area contributed by atoms with E-state index in [1.165, 1.54) is 0 Å². The van der Waals surface area contributed by atoms with Crippen molar-refractivity contribution in [2.45, 2.75) is 13.0 Å². The molecule has 5 rings (SSSR count). The Labute approximate surface area is 172 Å². The van der Waals surface area contributed by atoms with Crippen LogP contribution in [0.5, 0.6) is 5.75 Å². The first-order valence-corrected chi connectivity index (χ1v) is 9.64. The normalized spacial score (nSPS) is 12.5. The Kier molecular flexibility index (Phi) is 4.21. The predicted octanol–water partition coefficient (Wildman–Crippen LogP) is 5.31. The Balaban J connectivity index is 1.51. The number of nitrogens with zero attached hydrogens (tertiary/aromatic N) is 4. The number of aromatic nitrogens is 5. The molecular weight excluding hydrogens is 386 g/mol. The van der Waals surface area contributed by atoms with Crippen LogP contribution < -0.4 is 4.74 Å². The van der Waals surface area contributed by atoms with Crippen molar-refractivity contribution in [1.82, 2.24) is 25.0 Å². The van der Waals surface area contributed by atoms with Crippen LogP contribution in [0.15, 0.2) is 61.1 Å². The van der Waals surface area contributed by atoms with E-state index in [1.54, 1.807) is 17.1 Å². The quantitative estimate of drug-likeness (QED) is 0.441. The first-order valence-electron chi connectivity index (χ1n) is 9.26. The number of ether oxygens (including phenoxy) is 1. The summed E-state index contributed by atoms with van der Waals surface area (Å²) in [6.45, 7) is 2.03. The smallest absolute Gasteiger partial charge is 0.122 e. The lowest BCUT2D eigenvalue weighted by molar-refractivity contribution is 0.229. The molecule has 2 aromatic carbocycles. The maximum Gasteiger partial charge on any atom is 0.122 e. The Hall–Kier alpha value is -3.38. The van der Waals surface area contributed by atoms with Crippen LogP contribution in [0.2, 0.25) is 5.02 Å². The number of H-pyrrole nitrogens is 1. The minimum Gasteiger partial charge on any atom is -0.486 e. The van der Waals surface area contributed by atoms with E-state index < -0.39 is 0 Å². The fourth-order valence-electron chi connectivity index (χ4n) is 3.60. The molecule has 0 aliphatic rings. The first kappa shape index (κ1) is 17.7. The highest BCUT2D eigenvalue weighted by Gasteiger charge is 2.15. The van der Waals surface area contributed by atoms with Crippen molar-refractivity contribution < 1.29 is 4.74 Å². The number of rotatable bonds is 4. The van der Waals surface area contributed by atoms with Gasteiger partial charge in [-0.3, -0.25) is 14.8 Å². The minimum absolute atomic E-state index is 0.176. The van der Waals surface area contributed by atoms with E-state index in [-0.39, 0.29) is 6.10 Å². The van der Waals surface area contributed by atoms with Crippen LogP contribution in [0, 0.1) is 0 Å². The van der Waals surface area contributed by atoms with Crippen molar-refractivity contribution in [3.8, 4) is 17.0 Å². The van der Waals surface area contributed by atoms with E-state index in [9.17, 15) is 0 Å². The van der Waals surface area contributed by atoms with Crippen LogP contribution in [-0.2, 0) is 7.05 Å². The number of halogens is 1. The van der Waals surface area contributed by atoms with Gasteiger partial charge in [0.1, 0.15) is 17.5 Å². The van der Waals surface area contributed by atoms with Crippen LogP contribution >= 0.6 is 11.6 Å². The second-order valence-electron chi connectivity index (χ2n) is 7.01. The lowest BCUT2D eigenvalue weighted by Crippen LogP contribution is -2.04. The molecular formula is C22H18ClN5O. The van der Waals surface area contributed by atoms with Crippen LogP contribution in [0.1, 0.15) is 18.6 Å². The largest absolute Gasteiger partial charge is 0.486 e. The maximum atomic E-state index is 6.29. The topological polar surface area (TPSA) is 68.6 Å². The molecule has 7 heteroatoms. The predicted molar refractivity (Wildman–Crippen MR) is 114 cm³/mol. The lowest BCUT2D eigenvalue weighted by Gasteiger charge is -2.17. The highest BCUT2D eigenvalue weighted by molar-refractivity contribution is 6.31. The zero-order chi connectivity index (χ0) is 20.0. The average molecular weight is 404 g/mol. The van der Waals surface area contributed by atoms with Crippen molar-refractivity contribution in [2.75, 3.05) is 0 Å². The fourth-order valence-corrected chi connectivity index (χ4v) is 3.76. The van der Waals surface area contributed by atoms with Crippen molar-refractivity contribution in [2.24, 2.45) is 7.05 Å². The minimum atomic E-state index is -0.176. The van der Waals surface area contributed by atoms with Gasteiger partial charge in [0.2, 0.25) is 0 Å². The molecule has 0 fully saturated rings. The third kappa shape index (κ3) is 3.21. The maximum absolute atomic E-state index is 6.29. The second-order valence-corrected chi connectivity index (χ2v) is 7.45. The summed E-state index contributed by atoms with van der Waals surface area (Å²) in [4.78, 5) is 4.40. The molecule has 144 valence electrons. The molecule has 0 bridgehead atoms. The second kappa shape index (κ2) is 6.90. The van der Waals surface area contributed by atoms with Crippen molar-refractivity contribution >= 4 is 33.4 Å². The van der Waals surface area contributed by atoms with E-state index in [1.807, 2.05) is 62.6 Å². The zero-order valence-corrected chi connectivity index (χ0v) is 16.7. The molecule has 0 saturated heterocycles. The molecule has 0 saturated carbocycles. The van der Waals surface area contributed by atoms with E-state index in [0.29, 0.717) is 5.02 Å². The molecule has 1 unspecified atom stereocenters. The summed E-state index contributed by atoms with van der Waals surface area (Å²) in [7, 11) is 1.89. The molecule has 0 aliphatic carbocycles.